The molecule has 0 bridgehead atoms. The fraction of sp³-hybridized carbons (Fsp3) is 0.250. The molecule has 0 aromatic carbocycles. The molecule has 0 amide bonds. The zero-order valence-electron chi connectivity index (χ0n) is 10.9. The first kappa shape index (κ1) is 13.0. The number of aromatic nitrogens is 3. The van der Waals surface area contributed by atoms with Crippen molar-refractivity contribution in [3.05, 3.63) is 46.5 Å². The molecule has 19 heavy (non-hydrogen) atoms. The minimum Gasteiger partial charge on any atom is -0.376 e. The molecular weight excluding hydrogens is 244 g/mol. The highest BCUT2D eigenvalue weighted by Crippen LogP contribution is 2.06. The molecule has 0 aliphatic carbocycles. The summed E-state index contributed by atoms with van der Waals surface area (Å²) >= 11 is 0. The Morgan fingerprint density at radius 3 is 2.68 bits per heavy atom. The van der Waals surface area contributed by atoms with Gasteiger partial charge in [-0.2, -0.15) is 5.10 Å². The molecule has 0 aliphatic rings. The Hall–Kier alpha value is -2.41. The van der Waals surface area contributed by atoms with Crippen LogP contribution in [0.15, 0.2) is 35.4 Å². The molecule has 7 heteroatoms. The first-order valence-corrected chi connectivity index (χ1v) is 5.76. The summed E-state index contributed by atoms with van der Waals surface area (Å²) in [4.78, 5) is 17.8. The van der Waals surface area contributed by atoms with Crippen LogP contribution in [0.3, 0.4) is 0 Å². The summed E-state index contributed by atoms with van der Waals surface area (Å²) in [6.45, 7) is 0.379. The Morgan fingerprint density at radius 1 is 1.37 bits per heavy atom. The molecule has 0 unspecified atom stereocenters. The van der Waals surface area contributed by atoms with Gasteiger partial charge in [0, 0.05) is 26.4 Å². The summed E-state index contributed by atoms with van der Waals surface area (Å²) in [5.74, 6) is 5.81. The number of hydrogen-bond donors (Lipinski definition) is 2. The average molecular weight is 260 g/mol. The molecule has 2 aromatic rings. The van der Waals surface area contributed by atoms with Crippen LogP contribution in [0.4, 0.5) is 11.5 Å². The number of rotatable bonds is 4. The lowest BCUT2D eigenvalue weighted by Gasteiger charge is -2.12. The van der Waals surface area contributed by atoms with Crippen molar-refractivity contribution in [3.63, 3.8) is 0 Å². The van der Waals surface area contributed by atoms with Crippen molar-refractivity contribution in [2.24, 2.45) is 5.84 Å². The van der Waals surface area contributed by atoms with E-state index in [1.54, 1.807) is 24.5 Å². The lowest BCUT2D eigenvalue weighted by Crippen LogP contribution is -2.24. The van der Waals surface area contributed by atoms with Crippen molar-refractivity contribution >= 4 is 11.5 Å². The molecule has 3 N–H and O–H groups in total. The molecule has 0 aliphatic heterocycles. The summed E-state index contributed by atoms with van der Waals surface area (Å²) in [6.07, 6.45) is 3.31. The van der Waals surface area contributed by atoms with Crippen LogP contribution in [0.5, 0.6) is 0 Å². The largest absolute Gasteiger partial charge is 0.376 e. The maximum Gasteiger partial charge on any atom is 0.269 e. The molecule has 2 heterocycles. The molecule has 100 valence electrons. The van der Waals surface area contributed by atoms with E-state index in [-0.39, 0.29) is 5.56 Å². The van der Waals surface area contributed by atoms with E-state index in [1.165, 1.54) is 4.68 Å². The Labute approximate surface area is 110 Å². The van der Waals surface area contributed by atoms with Gasteiger partial charge in [0.05, 0.1) is 18.4 Å². The number of nitrogens with zero attached hydrogens (tertiary/aromatic N) is 4. The zero-order valence-corrected chi connectivity index (χ0v) is 10.9. The molecule has 0 spiro atoms. The quantitative estimate of drug-likeness (QED) is 0.596. The van der Waals surface area contributed by atoms with Crippen molar-refractivity contribution in [1.82, 2.24) is 14.8 Å². The van der Waals surface area contributed by atoms with E-state index >= 15 is 0 Å². The van der Waals surface area contributed by atoms with Crippen molar-refractivity contribution in [1.29, 1.82) is 0 Å². The van der Waals surface area contributed by atoms with Crippen LogP contribution in [0.1, 0.15) is 5.56 Å². The lowest BCUT2D eigenvalue weighted by atomic mass is 10.3. The molecule has 2 rings (SSSR count). The van der Waals surface area contributed by atoms with Crippen LogP contribution in [-0.4, -0.2) is 28.9 Å². The van der Waals surface area contributed by atoms with Crippen LogP contribution in [-0.2, 0) is 6.54 Å². The number of anilines is 2. The Bertz CT molecular complexity index is 604. The van der Waals surface area contributed by atoms with Gasteiger partial charge in [-0.25, -0.2) is 15.5 Å². The van der Waals surface area contributed by atoms with Gasteiger partial charge in [0.1, 0.15) is 5.82 Å². The van der Waals surface area contributed by atoms with Gasteiger partial charge < -0.3 is 10.3 Å². The smallest absolute Gasteiger partial charge is 0.269 e. The number of nitrogens with one attached hydrogen (secondary N) is 1. The molecule has 0 saturated carbocycles. The minimum atomic E-state index is -0.146. The van der Waals surface area contributed by atoms with Gasteiger partial charge >= 0.3 is 0 Å². The highest BCUT2D eigenvalue weighted by molar-refractivity contribution is 5.40. The normalized spacial score (nSPS) is 10.3. The van der Waals surface area contributed by atoms with Crippen molar-refractivity contribution in [3.8, 4) is 0 Å². The number of hydrogen-bond acceptors (Lipinski definition) is 6. The van der Waals surface area contributed by atoms with Gasteiger partial charge in [-0.1, -0.05) is 6.07 Å². The van der Waals surface area contributed by atoms with E-state index < -0.39 is 0 Å². The van der Waals surface area contributed by atoms with Crippen LogP contribution in [0.2, 0.25) is 0 Å². The molecular formula is C12H16N6O. The molecule has 0 fully saturated rings. The predicted molar refractivity (Wildman–Crippen MR) is 74.0 cm³/mol. The first-order valence-electron chi connectivity index (χ1n) is 5.76. The van der Waals surface area contributed by atoms with E-state index in [4.69, 9.17) is 5.84 Å². The van der Waals surface area contributed by atoms with Crippen molar-refractivity contribution in [2.45, 2.75) is 6.54 Å². The molecule has 2 aromatic heterocycles. The number of hydrazine groups is 1. The van der Waals surface area contributed by atoms with E-state index in [2.05, 4.69) is 15.5 Å². The summed E-state index contributed by atoms with van der Waals surface area (Å²) in [6, 6.07) is 5.14. The summed E-state index contributed by atoms with van der Waals surface area (Å²) < 4.78 is 1.39. The van der Waals surface area contributed by atoms with E-state index in [0.717, 1.165) is 11.3 Å². The van der Waals surface area contributed by atoms with Crippen LogP contribution in [0.25, 0.3) is 0 Å². The number of pyridine rings is 1. The third-order valence-corrected chi connectivity index (χ3v) is 2.68. The molecule has 0 radical (unpaired) electrons. The third kappa shape index (κ3) is 3.08. The monoisotopic (exact) mass is 260 g/mol. The molecule has 0 saturated heterocycles. The third-order valence-electron chi connectivity index (χ3n) is 2.68. The van der Waals surface area contributed by atoms with Crippen molar-refractivity contribution in [2.75, 3.05) is 24.4 Å². The second-order valence-corrected chi connectivity index (χ2v) is 4.30. The summed E-state index contributed by atoms with van der Waals surface area (Å²) in [5.41, 5.74) is 3.96. The maximum atomic E-state index is 11.9. The molecule has 7 nitrogen and oxygen atoms in total. The SMILES string of the molecule is CN(C)c1cnn(Cc2ccc(NN)nc2)c(=O)c1. The minimum absolute atomic E-state index is 0.146. The van der Waals surface area contributed by atoms with Crippen LogP contribution < -0.4 is 21.7 Å². The predicted octanol–water partition coefficient (Wildman–Crippen LogP) is 0.0382. The Kier molecular flexibility index (Phi) is 3.76. The zero-order chi connectivity index (χ0) is 13.8. The second kappa shape index (κ2) is 5.49. The van der Waals surface area contributed by atoms with E-state index in [0.29, 0.717) is 12.4 Å². The van der Waals surface area contributed by atoms with Gasteiger partial charge in [-0.05, 0) is 11.6 Å². The first-order chi connectivity index (χ1) is 9.10. The van der Waals surface area contributed by atoms with Gasteiger partial charge in [0.15, 0.2) is 0 Å². The second-order valence-electron chi connectivity index (χ2n) is 4.30. The van der Waals surface area contributed by atoms with Gasteiger partial charge in [-0.3, -0.25) is 4.79 Å². The maximum absolute atomic E-state index is 11.9. The summed E-state index contributed by atoms with van der Waals surface area (Å²) in [7, 11) is 3.73. The average Bonchev–Trinajstić information content (AvgIpc) is 2.41. The topological polar surface area (TPSA) is 89.1 Å². The standard InChI is InChI=1S/C12H16N6O/c1-17(2)10-5-12(19)18(15-7-10)8-9-3-4-11(16-13)14-6-9/h3-7H,8,13H2,1-2H3,(H,14,16). The van der Waals surface area contributed by atoms with E-state index in [1.807, 2.05) is 25.1 Å². The lowest BCUT2D eigenvalue weighted by molar-refractivity contribution is 0.637. The van der Waals surface area contributed by atoms with Gasteiger partial charge in [0.2, 0.25) is 0 Å². The van der Waals surface area contributed by atoms with Gasteiger partial charge in [-0.15, -0.1) is 0 Å². The fourth-order valence-corrected chi connectivity index (χ4v) is 1.56. The fourth-order valence-electron chi connectivity index (χ4n) is 1.56. The van der Waals surface area contributed by atoms with Crippen molar-refractivity contribution < 1.29 is 0 Å². The highest BCUT2D eigenvalue weighted by Gasteiger charge is 2.03. The van der Waals surface area contributed by atoms with Crippen LogP contribution >= 0.6 is 0 Å². The number of nitrogens with two attached hydrogens (primary N) is 1. The van der Waals surface area contributed by atoms with Gasteiger partial charge in [0.25, 0.3) is 5.56 Å². The van der Waals surface area contributed by atoms with Crippen LogP contribution in [0, 0.1) is 0 Å². The highest BCUT2D eigenvalue weighted by atomic mass is 16.1. The van der Waals surface area contributed by atoms with E-state index in [9.17, 15) is 4.79 Å². The Balaban J connectivity index is 2.21. The number of nitrogen functional groups attached to an aromatic ring is 1. The Morgan fingerprint density at radius 2 is 2.16 bits per heavy atom. The molecule has 0 atom stereocenters. The summed E-state index contributed by atoms with van der Waals surface area (Å²) in [5, 5.41) is 4.13.